The first-order valence-electron chi connectivity index (χ1n) is 10.00. The molecule has 1 aliphatic rings. The lowest BCUT2D eigenvalue weighted by Gasteiger charge is -2.31. The molecule has 1 heterocycles. The maximum atomic E-state index is 12.6. The van der Waals surface area contributed by atoms with E-state index in [2.05, 4.69) is 10.6 Å². The van der Waals surface area contributed by atoms with Crippen LogP contribution in [0.15, 0.2) is 60.4 Å². The standard InChI is InChI=1S/C23H27N5O2/c1-16(24)15-21-26-13-4-14-28(21)23(30)12-11-22(29)27-18-9-7-17(8-10-18)19-5-2-3-6-20(19)25/h2-3,5-10,15,24,26H,4,11-14,25H2,1H3,(H,27,29)/b21-15+,24-16?. The number of nitrogens with two attached hydrogens (primary N) is 1. The highest BCUT2D eigenvalue weighted by atomic mass is 16.2. The SMILES string of the molecule is CC(=N)/C=C1\NCCCN1C(=O)CCC(=O)Nc1ccc(-c2ccccc2N)cc1. The zero-order valence-corrected chi connectivity index (χ0v) is 17.1. The number of nitrogens with zero attached hydrogens (tertiary/aromatic N) is 1. The summed E-state index contributed by atoms with van der Waals surface area (Å²) in [5.74, 6) is 0.295. The molecule has 0 atom stereocenters. The second-order valence-electron chi connectivity index (χ2n) is 7.25. The zero-order chi connectivity index (χ0) is 21.5. The third-order valence-electron chi connectivity index (χ3n) is 4.82. The Bertz CT molecular complexity index is 966. The number of anilines is 2. The number of rotatable bonds is 6. The predicted molar refractivity (Wildman–Crippen MR) is 120 cm³/mol. The summed E-state index contributed by atoms with van der Waals surface area (Å²) in [6, 6.07) is 15.1. The molecule has 0 unspecified atom stereocenters. The van der Waals surface area contributed by atoms with E-state index in [1.807, 2.05) is 48.5 Å². The number of allylic oxidation sites excluding steroid dienone is 1. The van der Waals surface area contributed by atoms with E-state index >= 15 is 0 Å². The minimum Gasteiger partial charge on any atom is -0.398 e. The number of nitrogen functional groups attached to an aromatic ring is 1. The van der Waals surface area contributed by atoms with Gasteiger partial charge in [-0.3, -0.25) is 14.5 Å². The van der Waals surface area contributed by atoms with Crippen molar-refractivity contribution in [1.82, 2.24) is 10.2 Å². The highest BCUT2D eigenvalue weighted by Gasteiger charge is 2.21. The average molecular weight is 406 g/mol. The fourth-order valence-electron chi connectivity index (χ4n) is 3.33. The fourth-order valence-corrected chi connectivity index (χ4v) is 3.33. The molecule has 7 nitrogen and oxygen atoms in total. The summed E-state index contributed by atoms with van der Waals surface area (Å²) in [5.41, 5.74) is 9.67. The van der Waals surface area contributed by atoms with E-state index in [1.54, 1.807) is 17.9 Å². The lowest BCUT2D eigenvalue weighted by molar-refractivity contribution is -0.131. The Morgan fingerprint density at radius 3 is 2.60 bits per heavy atom. The summed E-state index contributed by atoms with van der Waals surface area (Å²) in [4.78, 5) is 26.5. The Morgan fingerprint density at radius 2 is 1.90 bits per heavy atom. The number of hydrogen-bond acceptors (Lipinski definition) is 5. The van der Waals surface area contributed by atoms with Crippen LogP contribution in [0.5, 0.6) is 0 Å². The number of benzene rings is 2. The van der Waals surface area contributed by atoms with Crippen molar-refractivity contribution < 1.29 is 9.59 Å². The van der Waals surface area contributed by atoms with Gasteiger partial charge in [-0.2, -0.15) is 0 Å². The molecule has 0 spiro atoms. The van der Waals surface area contributed by atoms with Crippen LogP contribution < -0.4 is 16.4 Å². The van der Waals surface area contributed by atoms with Crippen LogP contribution in [0.25, 0.3) is 11.1 Å². The topological polar surface area (TPSA) is 111 Å². The summed E-state index contributed by atoms with van der Waals surface area (Å²) < 4.78 is 0. The molecule has 0 bridgehead atoms. The highest BCUT2D eigenvalue weighted by Crippen LogP contribution is 2.26. The van der Waals surface area contributed by atoms with Gasteiger partial charge in [0, 0.05) is 48.6 Å². The molecule has 2 aromatic rings. The van der Waals surface area contributed by atoms with Crippen molar-refractivity contribution in [3.05, 3.63) is 60.4 Å². The second-order valence-corrected chi connectivity index (χ2v) is 7.25. The van der Waals surface area contributed by atoms with E-state index in [0.29, 0.717) is 29.5 Å². The van der Waals surface area contributed by atoms with Crippen LogP contribution in [0, 0.1) is 5.41 Å². The van der Waals surface area contributed by atoms with Crippen molar-refractivity contribution in [3.63, 3.8) is 0 Å². The second kappa shape index (κ2) is 9.73. The van der Waals surface area contributed by atoms with Crippen LogP contribution in [0.1, 0.15) is 26.2 Å². The molecule has 7 heteroatoms. The van der Waals surface area contributed by atoms with E-state index in [9.17, 15) is 9.59 Å². The number of amides is 2. The monoisotopic (exact) mass is 405 g/mol. The van der Waals surface area contributed by atoms with Crippen LogP contribution in [0.3, 0.4) is 0 Å². The Morgan fingerprint density at radius 1 is 1.17 bits per heavy atom. The summed E-state index contributed by atoms with van der Waals surface area (Å²) in [7, 11) is 0. The Balaban J connectivity index is 1.55. The molecule has 30 heavy (non-hydrogen) atoms. The minimum absolute atomic E-state index is 0.0968. The van der Waals surface area contributed by atoms with Gasteiger partial charge in [0.05, 0.1) is 0 Å². The van der Waals surface area contributed by atoms with Gasteiger partial charge in [-0.25, -0.2) is 0 Å². The van der Waals surface area contributed by atoms with Gasteiger partial charge in [0.15, 0.2) is 0 Å². The van der Waals surface area contributed by atoms with Crippen LogP contribution in [-0.4, -0.2) is 35.5 Å². The van der Waals surface area contributed by atoms with E-state index < -0.39 is 0 Å². The smallest absolute Gasteiger partial charge is 0.228 e. The van der Waals surface area contributed by atoms with Crippen molar-refractivity contribution in [3.8, 4) is 11.1 Å². The summed E-state index contributed by atoms with van der Waals surface area (Å²) in [6.07, 6.45) is 2.68. The maximum Gasteiger partial charge on any atom is 0.228 e. The van der Waals surface area contributed by atoms with Gasteiger partial charge < -0.3 is 21.8 Å². The molecule has 0 aliphatic carbocycles. The van der Waals surface area contributed by atoms with Crippen LogP contribution in [0.2, 0.25) is 0 Å². The number of nitrogens with one attached hydrogen (secondary N) is 3. The van der Waals surface area contributed by atoms with Gasteiger partial charge in [0.2, 0.25) is 11.8 Å². The molecule has 1 fully saturated rings. The fraction of sp³-hybridized carbons (Fsp3) is 0.261. The Labute approximate surface area is 176 Å². The first kappa shape index (κ1) is 21.1. The Kier molecular flexibility index (Phi) is 6.85. The summed E-state index contributed by atoms with van der Waals surface area (Å²) in [5, 5.41) is 13.6. The average Bonchev–Trinajstić information content (AvgIpc) is 2.73. The molecular weight excluding hydrogens is 378 g/mol. The van der Waals surface area contributed by atoms with Gasteiger partial charge in [-0.15, -0.1) is 0 Å². The summed E-state index contributed by atoms with van der Waals surface area (Å²) in [6.45, 7) is 3.03. The molecule has 3 rings (SSSR count). The van der Waals surface area contributed by atoms with Crippen molar-refractivity contribution in [2.24, 2.45) is 0 Å². The lowest BCUT2D eigenvalue weighted by Crippen LogP contribution is -2.43. The molecular formula is C23H27N5O2. The predicted octanol–water partition coefficient (Wildman–Crippen LogP) is 3.36. The third kappa shape index (κ3) is 5.47. The van der Waals surface area contributed by atoms with Crippen molar-refractivity contribution in [2.45, 2.75) is 26.2 Å². The van der Waals surface area contributed by atoms with Crippen LogP contribution in [-0.2, 0) is 9.59 Å². The van der Waals surface area contributed by atoms with Gasteiger partial charge >= 0.3 is 0 Å². The number of hydrogen-bond donors (Lipinski definition) is 4. The zero-order valence-electron chi connectivity index (χ0n) is 17.1. The molecule has 1 aliphatic heterocycles. The van der Waals surface area contributed by atoms with Gasteiger partial charge in [-0.05, 0) is 43.2 Å². The van der Waals surface area contributed by atoms with E-state index in [1.165, 1.54) is 0 Å². The number of para-hydroxylation sites is 1. The molecule has 2 aromatic carbocycles. The third-order valence-corrected chi connectivity index (χ3v) is 4.82. The first-order chi connectivity index (χ1) is 14.4. The van der Waals surface area contributed by atoms with Crippen molar-refractivity contribution >= 4 is 28.9 Å². The number of carbonyl (C=O) groups is 2. The quantitative estimate of drug-likeness (QED) is 0.436. The molecule has 1 saturated heterocycles. The molecule has 0 saturated carbocycles. The van der Waals surface area contributed by atoms with E-state index in [4.69, 9.17) is 11.1 Å². The molecule has 0 aromatic heterocycles. The van der Waals surface area contributed by atoms with Crippen LogP contribution >= 0.6 is 0 Å². The van der Waals surface area contributed by atoms with Gasteiger partial charge in [0.25, 0.3) is 0 Å². The first-order valence-corrected chi connectivity index (χ1v) is 10.00. The molecule has 5 N–H and O–H groups in total. The van der Waals surface area contributed by atoms with E-state index in [-0.39, 0.29) is 24.7 Å². The van der Waals surface area contributed by atoms with E-state index in [0.717, 1.165) is 24.1 Å². The molecule has 0 radical (unpaired) electrons. The van der Waals surface area contributed by atoms with Crippen molar-refractivity contribution in [2.75, 3.05) is 24.1 Å². The lowest BCUT2D eigenvalue weighted by atomic mass is 10.0. The van der Waals surface area contributed by atoms with Crippen LogP contribution in [0.4, 0.5) is 11.4 Å². The molecule has 2 amide bonds. The number of carbonyl (C=O) groups excluding carboxylic acids is 2. The Hall–Kier alpha value is -3.61. The van der Waals surface area contributed by atoms with Gasteiger partial charge in [0.1, 0.15) is 5.82 Å². The van der Waals surface area contributed by atoms with Gasteiger partial charge in [-0.1, -0.05) is 30.3 Å². The van der Waals surface area contributed by atoms with Crippen molar-refractivity contribution in [1.29, 1.82) is 5.41 Å². The largest absolute Gasteiger partial charge is 0.398 e. The normalized spacial score (nSPS) is 14.8. The highest BCUT2D eigenvalue weighted by molar-refractivity contribution is 5.94. The molecule has 156 valence electrons. The maximum absolute atomic E-state index is 12.6. The minimum atomic E-state index is -0.214. The summed E-state index contributed by atoms with van der Waals surface area (Å²) >= 11 is 0.